The minimum absolute atomic E-state index is 0.0818. The van der Waals surface area contributed by atoms with E-state index in [1.165, 1.54) is 30.5 Å². The van der Waals surface area contributed by atoms with Gasteiger partial charge in [-0.05, 0) is 42.5 Å². The first-order valence-electron chi connectivity index (χ1n) is 7.89. The molecular weight excluding hydrogens is 381 g/mol. The van der Waals surface area contributed by atoms with E-state index in [0.717, 1.165) is 24.3 Å². The first kappa shape index (κ1) is 19.3. The molecule has 0 aliphatic carbocycles. The predicted octanol–water partition coefficient (Wildman–Crippen LogP) is 5.37. The quantitative estimate of drug-likeness (QED) is 0.586. The van der Waals surface area contributed by atoms with E-state index in [1.54, 1.807) is 0 Å². The van der Waals surface area contributed by atoms with Gasteiger partial charge in [-0.2, -0.15) is 13.2 Å². The summed E-state index contributed by atoms with van der Waals surface area (Å²) in [7, 11) is 0. The van der Waals surface area contributed by atoms with Gasteiger partial charge in [0.25, 0.3) is 5.91 Å². The minimum atomic E-state index is -4.47. The highest BCUT2D eigenvalue weighted by Gasteiger charge is 2.30. The summed E-state index contributed by atoms with van der Waals surface area (Å²) in [5.41, 5.74) is -0.751. The van der Waals surface area contributed by atoms with E-state index < -0.39 is 29.3 Å². The zero-order valence-corrected chi connectivity index (χ0v) is 14.0. The number of anilines is 3. The molecule has 144 valence electrons. The second kappa shape index (κ2) is 7.63. The van der Waals surface area contributed by atoms with Crippen molar-refractivity contribution in [2.45, 2.75) is 6.18 Å². The largest absolute Gasteiger partial charge is 0.416 e. The first-order chi connectivity index (χ1) is 13.2. The van der Waals surface area contributed by atoms with Crippen molar-refractivity contribution in [3.63, 3.8) is 0 Å². The molecule has 0 bridgehead atoms. The van der Waals surface area contributed by atoms with Gasteiger partial charge in [-0.1, -0.05) is 6.07 Å². The van der Waals surface area contributed by atoms with Gasteiger partial charge < -0.3 is 10.6 Å². The molecule has 4 nitrogen and oxygen atoms in total. The molecule has 0 unspecified atom stereocenters. The van der Waals surface area contributed by atoms with E-state index in [9.17, 15) is 26.7 Å². The average Bonchev–Trinajstić information content (AvgIpc) is 2.64. The number of hydrogen-bond donors (Lipinski definition) is 2. The number of aromatic nitrogens is 1. The summed E-state index contributed by atoms with van der Waals surface area (Å²) in [5.74, 6) is -2.17. The van der Waals surface area contributed by atoms with Crippen LogP contribution >= 0.6 is 0 Å². The molecule has 1 heterocycles. The summed E-state index contributed by atoms with van der Waals surface area (Å²) in [6.07, 6.45) is -3.30. The summed E-state index contributed by atoms with van der Waals surface area (Å²) in [5, 5.41) is 4.98. The molecule has 0 radical (unpaired) electrons. The van der Waals surface area contributed by atoms with Crippen LogP contribution in [0.4, 0.5) is 39.1 Å². The third-order valence-electron chi connectivity index (χ3n) is 3.67. The molecule has 3 aromatic rings. The highest BCUT2D eigenvalue weighted by Crippen LogP contribution is 2.31. The van der Waals surface area contributed by atoms with Crippen molar-refractivity contribution in [3.05, 3.63) is 83.6 Å². The smallest absolute Gasteiger partial charge is 0.340 e. The Bertz CT molecular complexity index is 1000. The average molecular weight is 393 g/mol. The molecule has 1 amide bonds. The van der Waals surface area contributed by atoms with Gasteiger partial charge in [0.1, 0.15) is 17.5 Å². The number of carbonyl (C=O) groups is 1. The lowest BCUT2D eigenvalue weighted by atomic mass is 10.2. The fraction of sp³-hybridized carbons (Fsp3) is 0.0526. The van der Waals surface area contributed by atoms with Crippen LogP contribution in [0.1, 0.15) is 15.9 Å². The van der Waals surface area contributed by atoms with Crippen LogP contribution in [0.25, 0.3) is 0 Å². The Kier molecular flexibility index (Phi) is 5.25. The maximum Gasteiger partial charge on any atom is 0.416 e. The Morgan fingerprint density at radius 1 is 0.964 bits per heavy atom. The Hall–Kier alpha value is -3.49. The molecule has 0 fully saturated rings. The number of benzene rings is 2. The van der Waals surface area contributed by atoms with Crippen molar-refractivity contribution in [2.75, 3.05) is 10.6 Å². The van der Waals surface area contributed by atoms with Gasteiger partial charge in [-0.25, -0.2) is 13.8 Å². The highest BCUT2D eigenvalue weighted by atomic mass is 19.4. The highest BCUT2D eigenvalue weighted by molar-refractivity contribution is 6.04. The summed E-state index contributed by atoms with van der Waals surface area (Å²) >= 11 is 0. The van der Waals surface area contributed by atoms with E-state index in [2.05, 4.69) is 15.6 Å². The van der Waals surface area contributed by atoms with E-state index in [-0.39, 0.29) is 22.8 Å². The topological polar surface area (TPSA) is 54.0 Å². The van der Waals surface area contributed by atoms with Crippen LogP contribution < -0.4 is 10.6 Å². The van der Waals surface area contributed by atoms with Crippen LogP contribution in [0.15, 0.2) is 60.8 Å². The van der Waals surface area contributed by atoms with Crippen molar-refractivity contribution in [2.24, 2.45) is 0 Å². The molecule has 0 saturated carbocycles. The Morgan fingerprint density at radius 2 is 1.75 bits per heavy atom. The second-order valence-corrected chi connectivity index (χ2v) is 5.71. The van der Waals surface area contributed by atoms with Gasteiger partial charge in [-0.3, -0.25) is 4.79 Å². The number of carbonyl (C=O) groups excluding carboxylic acids is 1. The molecule has 3 rings (SSSR count). The molecular formula is C19H12F5N3O. The maximum atomic E-state index is 13.6. The Labute approximate surface area is 156 Å². The van der Waals surface area contributed by atoms with Crippen LogP contribution in [0.2, 0.25) is 0 Å². The van der Waals surface area contributed by atoms with Crippen LogP contribution in [0, 0.1) is 11.6 Å². The van der Waals surface area contributed by atoms with Gasteiger partial charge in [0.05, 0.1) is 16.8 Å². The predicted molar refractivity (Wildman–Crippen MR) is 93.3 cm³/mol. The molecule has 0 saturated heterocycles. The number of hydrogen-bond acceptors (Lipinski definition) is 3. The normalized spacial score (nSPS) is 11.2. The molecule has 0 spiro atoms. The van der Waals surface area contributed by atoms with Gasteiger partial charge in [-0.15, -0.1) is 0 Å². The Balaban J connectivity index is 1.70. The number of alkyl halides is 3. The van der Waals surface area contributed by atoms with Gasteiger partial charge >= 0.3 is 6.18 Å². The third-order valence-corrected chi connectivity index (χ3v) is 3.67. The number of rotatable bonds is 4. The standard InChI is InChI=1S/C19H12F5N3O/c20-13-5-6-16(15(21)9-13)27-18(28)11-4-7-17(25-10-11)26-14-3-1-2-12(8-14)19(22,23)24/h1-10H,(H,25,26)(H,27,28). The zero-order chi connectivity index (χ0) is 20.3. The second-order valence-electron chi connectivity index (χ2n) is 5.71. The zero-order valence-electron chi connectivity index (χ0n) is 14.0. The lowest BCUT2D eigenvalue weighted by molar-refractivity contribution is -0.137. The van der Waals surface area contributed by atoms with Gasteiger partial charge in [0, 0.05) is 18.0 Å². The first-order valence-corrected chi connectivity index (χ1v) is 7.89. The fourth-order valence-corrected chi connectivity index (χ4v) is 2.31. The number of halogens is 5. The van der Waals surface area contributed by atoms with Crippen molar-refractivity contribution in [1.82, 2.24) is 4.98 Å². The van der Waals surface area contributed by atoms with Crippen LogP contribution in [0.5, 0.6) is 0 Å². The third kappa shape index (κ3) is 4.61. The number of amides is 1. The minimum Gasteiger partial charge on any atom is -0.340 e. The molecule has 1 aromatic heterocycles. The van der Waals surface area contributed by atoms with Crippen LogP contribution in [-0.4, -0.2) is 10.9 Å². The Morgan fingerprint density at radius 3 is 2.39 bits per heavy atom. The lowest BCUT2D eigenvalue weighted by Gasteiger charge is -2.11. The SMILES string of the molecule is O=C(Nc1ccc(F)cc1F)c1ccc(Nc2cccc(C(F)(F)F)c2)nc1. The van der Waals surface area contributed by atoms with E-state index in [0.29, 0.717) is 6.07 Å². The van der Waals surface area contributed by atoms with E-state index in [1.807, 2.05) is 0 Å². The summed E-state index contributed by atoms with van der Waals surface area (Å²) in [6, 6.07) is 10.0. The lowest BCUT2D eigenvalue weighted by Crippen LogP contribution is -2.13. The van der Waals surface area contributed by atoms with Crippen molar-refractivity contribution in [1.29, 1.82) is 0 Å². The molecule has 2 aromatic carbocycles. The summed E-state index contributed by atoms with van der Waals surface area (Å²) in [6.45, 7) is 0. The number of nitrogens with one attached hydrogen (secondary N) is 2. The van der Waals surface area contributed by atoms with Crippen molar-refractivity contribution >= 4 is 23.1 Å². The van der Waals surface area contributed by atoms with E-state index >= 15 is 0 Å². The molecule has 28 heavy (non-hydrogen) atoms. The summed E-state index contributed by atoms with van der Waals surface area (Å²) in [4.78, 5) is 16.1. The number of pyridine rings is 1. The molecule has 0 aliphatic rings. The van der Waals surface area contributed by atoms with Crippen molar-refractivity contribution in [3.8, 4) is 0 Å². The number of nitrogens with zero attached hydrogens (tertiary/aromatic N) is 1. The fourth-order valence-electron chi connectivity index (χ4n) is 2.31. The van der Waals surface area contributed by atoms with E-state index in [4.69, 9.17) is 0 Å². The monoisotopic (exact) mass is 393 g/mol. The molecule has 9 heteroatoms. The molecule has 0 aliphatic heterocycles. The van der Waals surface area contributed by atoms with Crippen LogP contribution in [0.3, 0.4) is 0 Å². The van der Waals surface area contributed by atoms with Gasteiger partial charge in [0.2, 0.25) is 0 Å². The molecule has 0 atom stereocenters. The van der Waals surface area contributed by atoms with Gasteiger partial charge in [0.15, 0.2) is 0 Å². The van der Waals surface area contributed by atoms with Crippen LogP contribution in [-0.2, 0) is 6.18 Å². The maximum absolute atomic E-state index is 13.6. The summed E-state index contributed by atoms with van der Waals surface area (Å²) < 4.78 is 64.7. The molecule has 2 N–H and O–H groups in total. The van der Waals surface area contributed by atoms with Crippen molar-refractivity contribution < 1.29 is 26.7 Å².